The number of rotatable bonds is 4. The quantitative estimate of drug-likeness (QED) is 0.543. The van der Waals surface area contributed by atoms with Gasteiger partial charge in [-0.25, -0.2) is 16.8 Å². The molecule has 0 saturated carbocycles. The van der Waals surface area contributed by atoms with Gasteiger partial charge in [0.05, 0.1) is 22.2 Å². The molecule has 1 aliphatic rings. The van der Waals surface area contributed by atoms with Crippen LogP contribution in [-0.4, -0.2) is 38.5 Å². The predicted octanol–water partition coefficient (Wildman–Crippen LogP) is 1.86. The monoisotopic (exact) mass is 428 g/mol. The van der Waals surface area contributed by atoms with Crippen LogP contribution < -0.4 is 0 Å². The number of sulfone groups is 2. The smallest absolute Gasteiger partial charge is 0.178 e. The predicted molar refractivity (Wildman–Crippen MR) is 87.8 cm³/mol. The Morgan fingerprint density at radius 1 is 1.15 bits per heavy atom. The Hall–Kier alpha value is -0.150. The Morgan fingerprint density at radius 3 is 2.25 bits per heavy atom. The van der Waals surface area contributed by atoms with Crippen LogP contribution in [0.1, 0.15) is 5.56 Å². The molecule has 0 spiro atoms. The zero-order valence-electron chi connectivity index (χ0n) is 11.1. The van der Waals surface area contributed by atoms with Crippen molar-refractivity contribution < 1.29 is 16.8 Å². The maximum absolute atomic E-state index is 12.4. The second-order valence-electron chi connectivity index (χ2n) is 5.35. The van der Waals surface area contributed by atoms with E-state index < -0.39 is 19.7 Å². The highest BCUT2D eigenvalue weighted by atomic mass is 127. The Morgan fingerprint density at radius 2 is 1.70 bits per heavy atom. The van der Waals surface area contributed by atoms with Gasteiger partial charge in [0.1, 0.15) is 0 Å². The highest BCUT2D eigenvalue weighted by Gasteiger charge is 2.39. The molecule has 1 fully saturated rings. The number of alkyl halides is 1. The van der Waals surface area contributed by atoms with E-state index in [0.29, 0.717) is 4.43 Å². The lowest BCUT2D eigenvalue weighted by Gasteiger charge is -2.15. The standard InChI is InChI=1S/C13H17IO4S2/c1-10-2-4-13(5-3-10)20(17,18)9-12-8-19(15,16)7-11(12)6-14/h2-5,11-12H,6-9H2,1H3/t11-,12+/m0/s1. The van der Waals surface area contributed by atoms with Gasteiger partial charge in [-0.1, -0.05) is 40.3 Å². The molecule has 4 nitrogen and oxygen atoms in total. The SMILES string of the molecule is Cc1ccc(S(=O)(=O)C[C@H]2CS(=O)(=O)C[C@@H]2CI)cc1. The van der Waals surface area contributed by atoms with Crippen LogP contribution in [0.3, 0.4) is 0 Å². The van der Waals surface area contributed by atoms with E-state index in [2.05, 4.69) is 22.6 Å². The minimum atomic E-state index is -3.42. The third-order valence-electron chi connectivity index (χ3n) is 3.61. The van der Waals surface area contributed by atoms with Gasteiger partial charge >= 0.3 is 0 Å². The summed E-state index contributed by atoms with van der Waals surface area (Å²) in [5.74, 6) is -0.317. The van der Waals surface area contributed by atoms with Crippen molar-refractivity contribution in [2.75, 3.05) is 21.7 Å². The van der Waals surface area contributed by atoms with E-state index in [-0.39, 0.29) is 34.0 Å². The molecule has 0 radical (unpaired) electrons. The van der Waals surface area contributed by atoms with Crippen molar-refractivity contribution in [1.82, 2.24) is 0 Å². The van der Waals surface area contributed by atoms with Gasteiger partial charge in [0, 0.05) is 4.43 Å². The maximum Gasteiger partial charge on any atom is 0.178 e. The summed E-state index contributed by atoms with van der Waals surface area (Å²) in [5, 5.41) is 0. The van der Waals surface area contributed by atoms with Gasteiger partial charge in [-0.3, -0.25) is 0 Å². The van der Waals surface area contributed by atoms with Crippen LogP contribution in [0.2, 0.25) is 0 Å². The Labute approximate surface area is 133 Å². The molecule has 1 aromatic carbocycles. The summed E-state index contributed by atoms with van der Waals surface area (Å²) in [4.78, 5) is 0.277. The van der Waals surface area contributed by atoms with Gasteiger partial charge in [0.25, 0.3) is 0 Å². The van der Waals surface area contributed by atoms with Crippen molar-refractivity contribution in [3.8, 4) is 0 Å². The number of benzene rings is 1. The van der Waals surface area contributed by atoms with Crippen molar-refractivity contribution in [3.05, 3.63) is 29.8 Å². The first-order chi connectivity index (χ1) is 9.23. The lowest BCUT2D eigenvalue weighted by atomic mass is 10.0. The minimum Gasteiger partial charge on any atom is -0.229 e. The average molecular weight is 428 g/mol. The summed E-state index contributed by atoms with van der Waals surface area (Å²) < 4.78 is 48.8. The van der Waals surface area contributed by atoms with Crippen LogP contribution in [0.15, 0.2) is 29.2 Å². The van der Waals surface area contributed by atoms with Gasteiger partial charge in [0.2, 0.25) is 0 Å². The zero-order valence-corrected chi connectivity index (χ0v) is 14.9. The first-order valence-electron chi connectivity index (χ1n) is 6.29. The zero-order chi connectivity index (χ0) is 15.0. The van der Waals surface area contributed by atoms with Gasteiger partial charge in [0.15, 0.2) is 19.7 Å². The molecule has 0 bridgehead atoms. The van der Waals surface area contributed by atoms with Crippen LogP contribution in [0, 0.1) is 18.8 Å². The molecule has 1 saturated heterocycles. The van der Waals surface area contributed by atoms with Crippen molar-refractivity contribution in [2.45, 2.75) is 11.8 Å². The molecular formula is C13H17IO4S2. The average Bonchev–Trinajstić information content (AvgIpc) is 2.63. The molecule has 0 amide bonds. The molecule has 1 heterocycles. The second kappa shape index (κ2) is 5.92. The van der Waals surface area contributed by atoms with E-state index in [4.69, 9.17) is 0 Å². The van der Waals surface area contributed by atoms with Gasteiger partial charge in [-0.15, -0.1) is 0 Å². The Balaban J connectivity index is 2.22. The number of hydrogen-bond donors (Lipinski definition) is 0. The molecule has 0 aliphatic carbocycles. The van der Waals surface area contributed by atoms with Crippen molar-refractivity contribution in [2.24, 2.45) is 11.8 Å². The molecule has 7 heteroatoms. The molecule has 1 aromatic rings. The first-order valence-corrected chi connectivity index (χ1v) is 11.3. The van der Waals surface area contributed by atoms with Gasteiger partial charge in [-0.2, -0.15) is 0 Å². The van der Waals surface area contributed by atoms with Gasteiger partial charge < -0.3 is 0 Å². The van der Waals surface area contributed by atoms with E-state index in [1.54, 1.807) is 24.3 Å². The molecule has 20 heavy (non-hydrogen) atoms. The van der Waals surface area contributed by atoms with E-state index >= 15 is 0 Å². The van der Waals surface area contributed by atoms with E-state index in [1.807, 2.05) is 6.92 Å². The minimum absolute atomic E-state index is 0.00817. The molecule has 112 valence electrons. The third kappa shape index (κ3) is 3.73. The third-order valence-corrected chi connectivity index (χ3v) is 8.48. The lowest BCUT2D eigenvalue weighted by molar-refractivity contribution is 0.497. The largest absolute Gasteiger partial charge is 0.229 e. The normalized spacial score (nSPS) is 25.7. The second-order valence-corrected chi connectivity index (χ2v) is 10.4. The number of aryl methyl sites for hydroxylation is 1. The van der Waals surface area contributed by atoms with Crippen molar-refractivity contribution in [3.63, 3.8) is 0 Å². The Kier molecular flexibility index (Phi) is 4.80. The highest BCUT2D eigenvalue weighted by molar-refractivity contribution is 14.1. The molecule has 2 atom stereocenters. The summed E-state index contributed by atoms with van der Waals surface area (Å²) in [5.41, 5.74) is 0.998. The van der Waals surface area contributed by atoms with Crippen LogP contribution >= 0.6 is 22.6 Å². The Bertz CT molecular complexity index is 678. The highest BCUT2D eigenvalue weighted by Crippen LogP contribution is 2.30. The van der Waals surface area contributed by atoms with E-state index in [9.17, 15) is 16.8 Å². The summed E-state index contributed by atoms with van der Waals surface area (Å²) in [7, 11) is -6.51. The van der Waals surface area contributed by atoms with Crippen molar-refractivity contribution in [1.29, 1.82) is 0 Å². The molecule has 1 aliphatic heterocycles. The van der Waals surface area contributed by atoms with Crippen LogP contribution in [0.25, 0.3) is 0 Å². The van der Waals surface area contributed by atoms with Crippen LogP contribution in [-0.2, 0) is 19.7 Å². The number of hydrogen-bond acceptors (Lipinski definition) is 4. The van der Waals surface area contributed by atoms with Crippen LogP contribution in [0.5, 0.6) is 0 Å². The van der Waals surface area contributed by atoms with Crippen molar-refractivity contribution >= 4 is 42.3 Å². The maximum atomic E-state index is 12.4. The fourth-order valence-corrected chi connectivity index (χ4v) is 7.99. The molecular weight excluding hydrogens is 411 g/mol. The summed E-state index contributed by atoms with van der Waals surface area (Å²) in [6.45, 7) is 1.89. The molecule has 0 aromatic heterocycles. The van der Waals surface area contributed by atoms with E-state index in [0.717, 1.165) is 5.56 Å². The molecule has 2 rings (SSSR count). The van der Waals surface area contributed by atoms with Crippen LogP contribution in [0.4, 0.5) is 0 Å². The lowest BCUT2D eigenvalue weighted by Crippen LogP contribution is -2.23. The van der Waals surface area contributed by atoms with E-state index in [1.165, 1.54) is 0 Å². The fraction of sp³-hybridized carbons (Fsp3) is 0.538. The topological polar surface area (TPSA) is 68.3 Å². The first kappa shape index (κ1) is 16.2. The summed E-state index contributed by atoms with van der Waals surface area (Å²) in [6, 6.07) is 6.70. The van der Waals surface area contributed by atoms with Gasteiger partial charge in [-0.05, 0) is 30.9 Å². The summed E-state index contributed by atoms with van der Waals surface area (Å²) in [6.07, 6.45) is 0. The number of halogens is 1. The fourth-order valence-electron chi connectivity index (χ4n) is 2.47. The molecule has 0 N–H and O–H groups in total. The summed E-state index contributed by atoms with van der Waals surface area (Å²) >= 11 is 2.13. The molecule has 0 unspecified atom stereocenters.